The summed E-state index contributed by atoms with van der Waals surface area (Å²) in [5.41, 5.74) is 1.54. The van der Waals surface area contributed by atoms with E-state index in [4.69, 9.17) is 4.74 Å². The second-order valence-electron chi connectivity index (χ2n) is 5.10. The van der Waals surface area contributed by atoms with Gasteiger partial charge in [0.2, 0.25) is 0 Å². The van der Waals surface area contributed by atoms with Crippen molar-refractivity contribution < 1.29 is 17.9 Å². The first-order chi connectivity index (χ1) is 12.5. The minimum absolute atomic E-state index is 0.0279. The van der Waals surface area contributed by atoms with Crippen molar-refractivity contribution in [3.63, 3.8) is 0 Å². The number of anilines is 1. The number of hydrogen-bond donors (Lipinski definition) is 1. The molecule has 0 amide bonds. The molecule has 0 bridgehead atoms. The van der Waals surface area contributed by atoms with Gasteiger partial charge in [-0.3, -0.25) is 9.71 Å². The zero-order valence-electron chi connectivity index (χ0n) is 13.7. The van der Waals surface area contributed by atoms with Gasteiger partial charge in [-0.2, -0.15) is 0 Å². The summed E-state index contributed by atoms with van der Waals surface area (Å²) < 4.78 is 32.3. The zero-order valence-corrected chi connectivity index (χ0v) is 15.4. The van der Waals surface area contributed by atoms with Crippen LogP contribution in [0.4, 0.5) is 5.13 Å². The molecule has 2 aromatic heterocycles. The van der Waals surface area contributed by atoms with Crippen LogP contribution in [0.2, 0.25) is 0 Å². The number of rotatable bonds is 6. The van der Waals surface area contributed by atoms with Gasteiger partial charge >= 0.3 is 5.97 Å². The van der Waals surface area contributed by atoms with E-state index in [9.17, 15) is 13.2 Å². The van der Waals surface area contributed by atoms with E-state index < -0.39 is 16.0 Å². The summed E-state index contributed by atoms with van der Waals surface area (Å²) in [6.07, 6.45) is 1.64. The third kappa shape index (κ3) is 4.06. The number of thiazole rings is 1. The third-order valence-electron chi connectivity index (χ3n) is 3.33. The number of benzene rings is 1. The molecule has 0 aliphatic carbocycles. The number of ether oxygens (including phenoxy) is 1. The minimum atomic E-state index is -3.81. The van der Waals surface area contributed by atoms with E-state index in [-0.39, 0.29) is 22.2 Å². The number of hydrogen-bond acceptors (Lipinski definition) is 7. The molecule has 0 aliphatic heterocycles. The first kappa shape index (κ1) is 18.0. The highest BCUT2D eigenvalue weighted by atomic mass is 32.2. The lowest BCUT2D eigenvalue weighted by molar-refractivity contribution is 0.0526. The number of sulfonamides is 1. The van der Waals surface area contributed by atoms with Crippen molar-refractivity contribution in [3.8, 4) is 11.4 Å². The zero-order chi connectivity index (χ0) is 18.6. The van der Waals surface area contributed by atoms with Crippen molar-refractivity contribution in [1.82, 2.24) is 9.97 Å². The maximum atomic E-state index is 12.5. The van der Waals surface area contributed by atoms with Gasteiger partial charge in [0.25, 0.3) is 10.0 Å². The largest absolute Gasteiger partial charge is 0.462 e. The predicted molar refractivity (Wildman–Crippen MR) is 98.6 cm³/mol. The topological polar surface area (TPSA) is 98.2 Å². The van der Waals surface area contributed by atoms with Gasteiger partial charge in [-0.1, -0.05) is 6.07 Å². The second kappa shape index (κ2) is 7.63. The van der Waals surface area contributed by atoms with Crippen LogP contribution in [-0.2, 0) is 14.8 Å². The van der Waals surface area contributed by atoms with E-state index in [1.165, 1.54) is 35.6 Å². The van der Waals surface area contributed by atoms with Crippen LogP contribution in [0, 0.1) is 0 Å². The van der Waals surface area contributed by atoms with Gasteiger partial charge in [-0.05, 0) is 43.3 Å². The Kier molecular flexibility index (Phi) is 5.29. The molecule has 0 spiro atoms. The first-order valence-corrected chi connectivity index (χ1v) is 10.0. The molecule has 0 saturated carbocycles. The van der Waals surface area contributed by atoms with Crippen LogP contribution in [0.25, 0.3) is 11.4 Å². The Morgan fingerprint density at radius 3 is 2.58 bits per heavy atom. The maximum Gasteiger partial charge on any atom is 0.338 e. The van der Waals surface area contributed by atoms with Crippen molar-refractivity contribution in [2.75, 3.05) is 11.3 Å². The standard InChI is InChI=1S/C17H15N3O4S2/c1-2-24-16(21)12-6-8-13(9-7-12)26(22,23)20-17-19-15(11-25-17)14-5-3-4-10-18-14/h3-11H,2H2,1H3,(H,19,20). The molecule has 0 aliphatic rings. The van der Waals surface area contributed by atoms with Crippen LogP contribution in [0.5, 0.6) is 0 Å². The van der Waals surface area contributed by atoms with Crippen LogP contribution < -0.4 is 4.72 Å². The molecule has 26 heavy (non-hydrogen) atoms. The second-order valence-corrected chi connectivity index (χ2v) is 7.64. The molecular formula is C17H15N3O4S2. The van der Waals surface area contributed by atoms with Crippen molar-refractivity contribution in [3.05, 3.63) is 59.6 Å². The van der Waals surface area contributed by atoms with E-state index in [1.54, 1.807) is 30.6 Å². The van der Waals surface area contributed by atoms with E-state index in [0.717, 1.165) is 0 Å². The van der Waals surface area contributed by atoms with Crippen LogP contribution >= 0.6 is 11.3 Å². The normalized spacial score (nSPS) is 11.1. The summed E-state index contributed by atoms with van der Waals surface area (Å²) in [5, 5.41) is 1.96. The molecule has 0 radical (unpaired) electrons. The smallest absolute Gasteiger partial charge is 0.338 e. The summed E-state index contributed by atoms with van der Waals surface area (Å²) in [6, 6.07) is 10.9. The summed E-state index contributed by atoms with van der Waals surface area (Å²) in [6.45, 7) is 1.96. The molecule has 0 fully saturated rings. The molecular weight excluding hydrogens is 374 g/mol. The average Bonchev–Trinajstić information content (AvgIpc) is 3.10. The van der Waals surface area contributed by atoms with Crippen molar-refractivity contribution in [2.45, 2.75) is 11.8 Å². The maximum absolute atomic E-state index is 12.5. The van der Waals surface area contributed by atoms with Gasteiger partial charge in [0.05, 0.1) is 22.8 Å². The highest BCUT2D eigenvalue weighted by Gasteiger charge is 2.17. The lowest BCUT2D eigenvalue weighted by atomic mass is 10.2. The highest BCUT2D eigenvalue weighted by molar-refractivity contribution is 7.93. The summed E-state index contributed by atoms with van der Waals surface area (Å²) in [5.74, 6) is -0.496. The number of nitrogens with one attached hydrogen (secondary N) is 1. The summed E-state index contributed by atoms with van der Waals surface area (Å²) >= 11 is 1.17. The summed E-state index contributed by atoms with van der Waals surface area (Å²) in [7, 11) is -3.81. The number of aromatic nitrogens is 2. The lowest BCUT2D eigenvalue weighted by Crippen LogP contribution is -2.13. The molecule has 0 saturated heterocycles. The molecule has 9 heteroatoms. The van der Waals surface area contributed by atoms with Gasteiger partial charge in [0.15, 0.2) is 5.13 Å². The fourth-order valence-electron chi connectivity index (χ4n) is 2.11. The van der Waals surface area contributed by atoms with Gasteiger partial charge in [-0.15, -0.1) is 11.3 Å². The average molecular weight is 389 g/mol. The molecule has 3 rings (SSSR count). The number of esters is 1. The third-order valence-corrected chi connectivity index (χ3v) is 5.57. The number of pyridine rings is 1. The number of carbonyl (C=O) groups excluding carboxylic acids is 1. The summed E-state index contributed by atoms with van der Waals surface area (Å²) in [4.78, 5) is 20.1. The monoisotopic (exact) mass is 389 g/mol. The fraction of sp³-hybridized carbons (Fsp3) is 0.118. The lowest BCUT2D eigenvalue weighted by Gasteiger charge is -2.06. The number of carbonyl (C=O) groups is 1. The SMILES string of the molecule is CCOC(=O)c1ccc(S(=O)(=O)Nc2nc(-c3ccccn3)cs2)cc1. The minimum Gasteiger partial charge on any atom is -0.462 e. The van der Waals surface area contributed by atoms with Gasteiger partial charge in [0.1, 0.15) is 5.69 Å². The Morgan fingerprint density at radius 1 is 1.15 bits per heavy atom. The van der Waals surface area contributed by atoms with Crippen molar-refractivity contribution >= 4 is 32.5 Å². The Morgan fingerprint density at radius 2 is 1.92 bits per heavy atom. The van der Waals surface area contributed by atoms with Crippen LogP contribution in [0.1, 0.15) is 17.3 Å². The molecule has 0 unspecified atom stereocenters. The Bertz CT molecular complexity index is 1000. The van der Waals surface area contributed by atoms with E-state index in [1.807, 2.05) is 6.07 Å². The quantitative estimate of drug-likeness (QED) is 0.650. The molecule has 0 atom stereocenters. The molecule has 7 nitrogen and oxygen atoms in total. The van der Waals surface area contributed by atoms with Crippen molar-refractivity contribution in [2.24, 2.45) is 0 Å². The molecule has 1 aromatic carbocycles. The number of nitrogens with zero attached hydrogens (tertiary/aromatic N) is 2. The molecule has 2 heterocycles. The van der Waals surface area contributed by atoms with Gasteiger partial charge in [-0.25, -0.2) is 18.2 Å². The Labute approximate surface area is 154 Å². The van der Waals surface area contributed by atoms with Crippen molar-refractivity contribution in [1.29, 1.82) is 0 Å². The predicted octanol–water partition coefficient (Wildman–Crippen LogP) is 3.18. The molecule has 3 aromatic rings. The van der Waals surface area contributed by atoms with E-state index in [0.29, 0.717) is 11.4 Å². The van der Waals surface area contributed by atoms with Gasteiger partial charge < -0.3 is 4.74 Å². The van der Waals surface area contributed by atoms with Crippen LogP contribution in [-0.4, -0.2) is 31.0 Å². The van der Waals surface area contributed by atoms with E-state index >= 15 is 0 Å². The van der Waals surface area contributed by atoms with Gasteiger partial charge in [0, 0.05) is 11.6 Å². The highest BCUT2D eigenvalue weighted by Crippen LogP contribution is 2.25. The fourth-order valence-corrected chi connectivity index (χ4v) is 4.07. The Hall–Kier alpha value is -2.78. The first-order valence-electron chi connectivity index (χ1n) is 7.66. The van der Waals surface area contributed by atoms with E-state index in [2.05, 4.69) is 14.7 Å². The Balaban J connectivity index is 1.77. The van der Waals surface area contributed by atoms with Crippen LogP contribution in [0.3, 0.4) is 0 Å². The molecule has 134 valence electrons. The van der Waals surface area contributed by atoms with Crippen LogP contribution in [0.15, 0.2) is 58.9 Å². The molecule has 1 N–H and O–H groups in total.